The van der Waals surface area contributed by atoms with Crippen LogP contribution < -0.4 is 15.8 Å². The van der Waals surface area contributed by atoms with Gasteiger partial charge in [0.1, 0.15) is 22.9 Å². The fourth-order valence-corrected chi connectivity index (χ4v) is 4.36. The molecule has 7 nitrogen and oxygen atoms in total. The summed E-state index contributed by atoms with van der Waals surface area (Å²) >= 11 is 0. The maximum Gasteiger partial charge on any atom is 0.156 e. The number of amidine groups is 1. The maximum atomic E-state index is 14.5. The topological polar surface area (TPSA) is 102 Å². The predicted molar refractivity (Wildman–Crippen MR) is 113 cm³/mol. The summed E-state index contributed by atoms with van der Waals surface area (Å²) in [5.41, 5.74) is 7.51. The molecule has 4 rings (SSSR count). The molecule has 0 saturated heterocycles. The molecule has 0 radical (unpaired) electrons. The zero-order valence-electron chi connectivity index (χ0n) is 15.9. The van der Waals surface area contributed by atoms with Crippen molar-refractivity contribution in [2.75, 3.05) is 18.2 Å². The van der Waals surface area contributed by atoms with E-state index < -0.39 is 22.7 Å². The third-order valence-electron chi connectivity index (χ3n) is 4.87. The molecular formula is C20H20FN5O2S. The van der Waals surface area contributed by atoms with E-state index in [-0.39, 0.29) is 16.8 Å². The van der Waals surface area contributed by atoms with Crippen molar-refractivity contribution in [3.8, 4) is 5.75 Å². The number of benzene rings is 1. The van der Waals surface area contributed by atoms with Gasteiger partial charge < -0.3 is 15.8 Å². The second kappa shape index (κ2) is 7.75. The fraction of sp³-hybridized carbons (Fsp3) is 0.250. The summed E-state index contributed by atoms with van der Waals surface area (Å²) in [4.78, 5) is 13.1. The number of hydrogen-bond donors (Lipinski definition) is 2. The fourth-order valence-electron chi connectivity index (χ4n) is 3.17. The first-order valence-electron chi connectivity index (χ1n) is 9.02. The molecular weight excluding hydrogens is 393 g/mol. The van der Waals surface area contributed by atoms with Crippen molar-refractivity contribution in [3.05, 3.63) is 54.1 Å². The first-order valence-corrected chi connectivity index (χ1v) is 10.4. The molecule has 0 spiro atoms. The summed E-state index contributed by atoms with van der Waals surface area (Å²) in [6, 6.07) is 7.72. The minimum Gasteiger partial charge on any atom is -0.495 e. The number of methoxy groups -OCH3 is 1. The van der Waals surface area contributed by atoms with Gasteiger partial charge >= 0.3 is 0 Å². The Kier molecular flexibility index (Phi) is 5.14. The van der Waals surface area contributed by atoms with Gasteiger partial charge in [-0.3, -0.25) is 9.20 Å². The van der Waals surface area contributed by atoms with E-state index in [9.17, 15) is 8.60 Å². The highest BCUT2D eigenvalue weighted by Gasteiger charge is 2.28. The third-order valence-corrected chi connectivity index (χ3v) is 6.54. The SMILES string of the molecule is COc1cnc2c(Nc3ccc(F)c(C4CS(=O)C(C)C(N)=N4)c3)nccc2c1. The molecule has 1 aliphatic rings. The lowest BCUT2D eigenvalue weighted by Crippen LogP contribution is -2.37. The van der Waals surface area contributed by atoms with Crippen molar-refractivity contribution in [2.45, 2.75) is 18.2 Å². The van der Waals surface area contributed by atoms with Crippen LogP contribution >= 0.6 is 0 Å². The number of nitrogens with one attached hydrogen (secondary N) is 1. The molecule has 3 aromatic rings. The second-order valence-corrected chi connectivity index (χ2v) is 8.53. The molecule has 9 heteroatoms. The molecule has 2 aromatic heterocycles. The number of pyridine rings is 2. The van der Waals surface area contributed by atoms with Crippen molar-refractivity contribution in [1.29, 1.82) is 0 Å². The molecule has 1 aromatic carbocycles. The molecule has 0 aliphatic carbocycles. The van der Waals surface area contributed by atoms with Gasteiger partial charge in [-0.1, -0.05) is 0 Å². The number of ether oxygens (including phenoxy) is 1. The lowest BCUT2D eigenvalue weighted by Gasteiger charge is -2.24. The van der Waals surface area contributed by atoms with E-state index in [1.807, 2.05) is 12.1 Å². The Morgan fingerprint density at radius 1 is 1.28 bits per heavy atom. The van der Waals surface area contributed by atoms with Crippen LogP contribution in [0.15, 0.2) is 47.7 Å². The number of rotatable bonds is 4. The Morgan fingerprint density at radius 3 is 2.86 bits per heavy atom. The Labute approximate surface area is 169 Å². The van der Waals surface area contributed by atoms with Crippen LogP contribution in [0.4, 0.5) is 15.9 Å². The first-order chi connectivity index (χ1) is 14.0. The summed E-state index contributed by atoms with van der Waals surface area (Å²) in [7, 11) is 0.384. The number of hydrogen-bond acceptors (Lipinski definition) is 7. The Hall–Kier alpha value is -3.07. The zero-order valence-corrected chi connectivity index (χ0v) is 16.7. The van der Waals surface area contributed by atoms with Gasteiger partial charge in [0, 0.05) is 33.6 Å². The van der Waals surface area contributed by atoms with Gasteiger partial charge in [0.2, 0.25) is 0 Å². The normalized spacial score (nSPS) is 21.6. The number of nitrogens with two attached hydrogens (primary N) is 1. The van der Waals surface area contributed by atoms with Crippen LogP contribution in [0.1, 0.15) is 18.5 Å². The summed E-state index contributed by atoms with van der Waals surface area (Å²) in [6.45, 7) is 1.76. The van der Waals surface area contributed by atoms with Crippen LogP contribution in [0.2, 0.25) is 0 Å². The highest BCUT2D eigenvalue weighted by atomic mass is 32.2. The number of fused-ring (bicyclic) bond motifs is 1. The van der Waals surface area contributed by atoms with Crippen molar-refractivity contribution in [2.24, 2.45) is 10.7 Å². The van der Waals surface area contributed by atoms with Crippen molar-refractivity contribution >= 4 is 39.0 Å². The van der Waals surface area contributed by atoms with Crippen LogP contribution in [-0.2, 0) is 10.8 Å². The average molecular weight is 413 g/mol. The quantitative estimate of drug-likeness (QED) is 0.681. The Balaban J connectivity index is 1.69. The van der Waals surface area contributed by atoms with Crippen molar-refractivity contribution in [3.63, 3.8) is 0 Å². The number of anilines is 2. The van der Waals surface area contributed by atoms with E-state index in [4.69, 9.17) is 10.5 Å². The number of aromatic nitrogens is 2. The van der Waals surface area contributed by atoms with Crippen LogP contribution in [0.25, 0.3) is 10.9 Å². The summed E-state index contributed by atoms with van der Waals surface area (Å²) in [5.74, 6) is 1.28. The van der Waals surface area contributed by atoms with Crippen molar-refractivity contribution in [1.82, 2.24) is 9.97 Å². The molecule has 3 N–H and O–H groups in total. The molecule has 0 saturated carbocycles. The summed E-state index contributed by atoms with van der Waals surface area (Å²) in [5, 5.41) is 3.72. The molecule has 3 unspecified atom stereocenters. The average Bonchev–Trinajstić information content (AvgIpc) is 2.72. The van der Waals surface area contributed by atoms with Gasteiger partial charge in [-0.2, -0.15) is 0 Å². The molecule has 0 fully saturated rings. The lowest BCUT2D eigenvalue weighted by atomic mass is 10.1. The van der Waals surface area contributed by atoms with E-state index in [0.29, 0.717) is 28.3 Å². The van der Waals surface area contributed by atoms with Crippen LogP contribution in [-0.4, -0.2) is 38.1 Å². The highest BCUT2D eigenvalue weighted by Crippen LogP contribution is 2.31. The number of halogens is 1. The summed E-state index contributed by atoms with van der Waals surface area (Å²) < 4.78 is 32.0. The number of nitrogens with zero attached hydrogens (tertiary/aromatic N) is 3. The predicted octanol–water partition coefficient (Wildman–Crippen LogP) is 3.07. The summed E-state index contributed by atoms with van der Waals surface area (Å²) in [6.07, 6.45) is 3.27. The standard InChI is InChI=1S/C20H20FN5O2S/c1-11-19(22)26-17(10-29(11)27)15-8-13(3-4-16(15)21)25-20-18-12(5-6-23-20)7-14(28-2)9-24-18/h3-9,11,17H,10H2,1-2H3,(H2,22,26)(H,23,25). The lowest BCUT2D eigenvalue weighted by molar-refractivity contribution is 0.414. The first kappa shape index (κ1) is 19.3. The zero-order chi connectivity index (χ0) is 20.5. The second-order valence-electron chi connectivity index (χ2n) is 6.73. The van der Waals surface area contributed by atoms with Crippen LogP contribution in [0, 0.1) is 5.82 Å². The molecule has 0 bridgehead atoms. The Morgan fingerprint density at radius 2 is 2.10 bits per heavy atom. The molecule has 0 amide bonds. The van der Waals surface area contributed by atoms with Gasteiger partial charge in [0.05, 0.1) is 30.4 Å². The largest absolute Gasteiger partial charge is 0.495 e. The minimum absolute atomic E-state index is 0.232. The van der Waals surface area contributed by atoms with Crippen molar-refractivity contribution < 1.29 is 13.3 Å². The van der Waals surface area contributed by atoms with Gasteiger partial charge in [-0.25, -0.2) is 14.4 Å². The van der Waals surface area contributed by atoms with Gasteiger partial charge in [0.15, 0.2) is 5.82 Å². The third kappa shape index (κ3) is 3.77. The smallest absolute Gasteiger partial charge is 0.156 e. The van der Waals surface area contributed by atoms with Crippen LogP contribution in [0.5, 0.6) is 5.75 Å². The molecule has 29 heavy (non-hydrogen) atoms. The van der Waals surface area contributed by atoms with Gasteiger partial charge in [-0.15, -0.1) is 0 Å². The number of aliphatic imine (C=N–C) groups is 1. The molecule has 1 aliphatic heterocycles. The molecule has 3 heterocycles. The minimum atomic E-state index is -1.20. The van der Waals surface area contributed by atoms with E-state index in [1.165, 1.54) is 6.07 Å². The highest BCUT2D eigenvalue weighted by molar-refractivity contribution is 7.86. The molecule has 3 atom stereocenters. The maximum absolute atomic E-state index is 14.5. The van der Waals surface area contributed by atoms with Crippen LogP contribution in [0.3, 0.4) is 0 Å². The van der Waals surface area contributed by atoms with Gasteiger partial charge in [-0.05, 0) is 37.3 Å². The van der Waals surface area contributed by atoms with E-state index >= 15 is 0 Å². The van der Waals surface area contributed by atoms with E-state index in [2.05, 4.69) is 20.3 Å². The molecule has 150 valence electrons. The Bertz CT molecular complexity index is 1140. The van der Waals surface area contributed by atoms with E-state index in [1.54, 1.807) is 38.6 Å². The van der Waals surface area contributed by atoms with Gasteiger partial charge in [0.25, 0.3) is 0 Å². The van der Waals surface area contributed by atoms with E-state index in [0.717, 1.165) is 5.39 Å². The monoisotopic (exact) mass is 413 g/mol.